The average molecular weight is 465 g/mol. The van der Waals surface area contributed by atoms with Gasteiger partial charge >= 0.3 is 0 Å². The minimum atomic E-state index is -0.510. The summed E-state index contributed by atoms with van der Waals surface area (Å²) in [4.78, 5) is 21.3. The zero-order chi connectivity index (χ0) is 21.1. The van der Waals surface area contributed by atoms with Gasteiger partial charge in [-0.05, 0) is 57.9 Å². The summed E-state index contributed by atoms with van der Waals surface area (Å²) in [7, 11) is 0. The lowest BCUT2D eigenvalue weighted by Gasteiger charge is -2.16. The minimum Gasteiger partial charge on any atom is -0.344 e. The van der Waals surface area contributed by atoms with Crippen molar-refractivity contribution in [3.05, 3.63) is 82.7 Å². The number of rotatable bonds is 5. The molecular formula is C21H14BrFN6O. The third-order valence-corrected chi connectivity index (χ3v) is 5.00. The van der Waals surface area contributed by atoms with Gasteiger partial charge in [-0.15, -0.1) is 0 Å². The Morgan fingerprint density at radius 1 is 1.23 bits per heavy atom. The second-order valence-corrected chi connectivity index (χ2v) is 7.27. The van der Waals surface area contributed by atoms with Gasteiger partial charge in [-0.3, -0.25) is 9.78 Å². The van der Waals surface area contributed by atoms with Gasteiger partial charge in [0.05, 0.1) is 47.7 Å². The number of nitrogens with zero attached hydrogens (tertiary/aromatic N) is 5. The number of nitrogens with one attached hydrogen (secondary N) is 1. The molecule has 4 rings (SSSR count). The molecule has 3 heterocycles. The fourth-order valence-electron chi connectivity index (χ4n) is 3.12. The van der Waals surface area contributed by atoms with Gasteiger partial charge in [0.15, 0.2) is 0 Å². The van der Waals surface area contributed by atoms with Crippen molar-refractivity contribution in [1.29, 1.82) is 5.26 Å². The first-order chi connectivity index (χ1) is 14.6. The number of carbonyl (C=O) groups is 1. The van der Waals surface area contributed by atoms with Crippen molar-refractivity contribution in [2.75, 3.05) is 0 Å². The molecule has 1 N–H and O–H groups in total. The number of nitriles is 1. The summed E-state index contributed by atoms with van der Waals surface area (Å²) >= 11 is 3.30. The predicted molar refractivity (Wildman–Crippen MR) is 111 cm³/mol. The highest BCUT2D eigenvalue weighted by Crippen LogP contribution is 2.23. The van der Waals surface area contributed by atoms with E-state index in [2.05, 4.69) is 42.4 Å². The molecule has 0 bridgehead atoms. The van der Waals surface area contributed by atoms with Crippen LogP contribution in [0.1, 0.15) is 28.4 Å². The SMILES string of the molecule is N#CC[C@H](NC(=O)c1cncc2c1cnn2-c1ccc(F)cc1)c1ccnc(Br)c1. The first kappa shape index (κ1) is 19.7. The number of fused-ring (bicyclic) bond motifs is 1. The Balaban J connectivity index is 1.68. The maximum atomic E-state index is 13.2. The molecule has 0 saturated heterocycles. The molecule has 148 valence electrons. The van der Waals surface area contributed by atoms with Crippen LogP contribution in [0.3, 0.4) is 0 Å². The van der Waals surface area contributed by atoms with Crippen molar-refractivity contribution in [2.45, 2.75) is 12.5 Å². The molecule has 0 fully saturated rings. The molecular weight excluding hydrogens is 451 g/mol. The van der Waals surface area contributed by atoms with Gasteiger partial charge in [0.1, 0.15) is 10.4 Å². The van der Waals surface area contributed by atoms with Crippen molar-refractivity contribution in [1.82, 2.24) is 25.1 Å². The summed E-state index contributed by atoms with van der Waals surface area (Å²) in [6.07, 6.45) is 6.32. The molecule has 1 aromatic carbocycles. The first-order valence-corrected chi connectivity index (χ1v) is 9.73. The van der Waals surface area contributed by atoms with Crippen molar-refractivity contribution < 1.29 is 9.18 Å². The summed E-state index contributed by atoms with van der Waals surface area (Å²) in [6, 6.07) is 11.0. The van der Waals surface area contributed by atoms with E-state index in [1.807, 2.05) is 0 Å². The van der Waals surface area contributed by atoms with E-state index >= 15 is 0 Å². The lowest BCUT2D eigenvalue weighted by Crippen LogP contribution is -2.28. The van der Waals surface area contributed by atoms with E-state index < -0.39 is 6.04 Å². The highest BCUT2D eigenvalue weighted by Gasteiger charge is 2.20. The lowest BCUT2D eigenvalue weighted by molar-refractivity contribution is 0.0938. The Labute approximate surface area is 179 Å². The van der Waals surface area contributed by atoms with Crippen LogP contribution in [-0.4, -0.2) is 25.7 Å². The minimum absolute atomic E-state index is 0.0977. The predicted octanol–water partition coefficient (Wildman–Crippen LogP) is 4.10. The fourth-order valence-corrected chi connectivity index (χ4v) is 3.51. The topological polar surface area (TPSA) is 96.5 Å². The highest BCUT2D eigenvalue weighted by molar-refractivity contribution is 9.10. The number of halogens is 2. The molecule has 7 nitrogen and oxygen atoms in total. The monoisotopic (exact) mass is 464 g/mol. The second kappa shape index (κ2) is 8.39. The lowest BCUT2D eigenvalue weighted by atomic mass is 10.0. The molecule has 0 saturated carbocycles. The van der Waals surface area contributed by atoms with E-state index in [4.69, 9.17) is 0 Å². The third-order valence-electron chi connectivity index (χ3n) is 4.57. The molecule has 0 unspecified atom stereocenters. The molecule has 0 aliphatic rings. The molecule has 0 radical (unpaired) electrons. The average Bonchev–Trinajstić information content (AvgIpc) is 3.18. The maximum Gasteiger partial charge on any atom is 0.254 e. The Morgan fingerprint density at radius 3 is 2.77 bits per heavy atom. The number of pyridine rings is 2. The third kappa shape index (κ3) is 3.90. The normalized spacial score (nSPS) is 11.8. The molecule has 0 aliphatic heterocycles. The summed E-state index contributed by atoms with van der Waals surface area (Å²) in [5, 5.41) is 17.0. The van der Waals surface area contributed by atoms with Gasteiger partial charge in [0.2, 0.25) is 0 Å². The van der Waals surface area contributed by atoms with Crippen molar-refractivity contribution in [3.8, 4) is 11.8 Å². The summed E-state index contributed by atoms with van der Waals surface area (Å²) in [6.45, 7) is 0. The van der Waals surface area contributed by atoms with Crippen molar-refractivity contribution in [2.24, 2.45) is 0 Å². The van der Waals surface area contributed by atoms with Gasteiger partial charge in [-0.2, -0.15) is 10.4 Å². The van der Waals surface area contributed by atoms with Gasteiger partial charge in [-0.25, -0.2) is 14.1 Å². The van der Waals surface area contributed by atoms with Crippen LogP contribution in [-0.2, 0) is 0 Å². The van der Waals surface area contributed by atoms with Gasteiger partial charge in [0.25, 0.3) is 5.91 Å². The van der Waals surface area contributed by atoms with Gasteiger partial charge in [0, 0.05) is 17.8 Å². The molecule has 1 amide bonds. The van der Waals surface area contributed by atoms with E-state index in [-0.39, 0.29) is 18.1 Å². The fraction of sp³-hybridized carbons (Fsp3) is 0.0952. The summed E-state index contributed by atoms with van der Waals surface area (Å²) in [5.74, 6) is -0.723. The van der Waals surface area contributed by atoms with Gasteiger partial charge < -0.3 is 5.32 Å². The van der Waals surface area contributed by atoms with Crippen LogP contribution in [0, 0.1) is 17.1 Å². The first-order valence-electron chi connectivity index (χ1n) is 8.94. The number of hydrogen-bond acceptors (Lipinski definition) is 5. The molecule has 30 heavy (non-hydrogen) atoms. The van der Waals surface area contributed by atoms with E-state index in [1.165, 1.54) is 18.3 Å². The Bertz CT molecular complexity index is 1260. The standard InChI is InChI=1S/C21H14BrFN6O/c22-20-9-13(6-8-26-20)18(5-7-24)28-21(30)17-10-25-12-19-16(17)11-27-29(19)15-3-1-14(23)2-4-15/h1-4,6,8-12,18H,5H2,(H,28,30)/t18-/m0/s1. The molecule has 3 aromatic heterocycles. The molecule has 9 heteroatoms. The van der Waals surface area contributed by atoms with E-state index in [0.29, 0.717) is 26.8 Å². The number of amides is 1. The van der Waals surface area contributed by atoms with Crippen molar-refractivity contribution in [3.63, 3.8) is 0 Å². The zero-order valence-corrected chi connectivity index (χ0v) is 17.0. The van der Waals surface area contributed by atoms with Crippen LogP contribution in [0.4, 0.5) is 4.39 Å². The second-order valence-electron chi connectivity index (χ2n) is 6.45. The highest BCUT2D eigenvalue weighted by atomic mass is 79.9. The largest absolute Gasteiger partial charge is 0.344 e. The van der Waals surface area contributed by atoms with Crippen LogP contribution in [0.2, 0.25) is 0 Å². The molecule has 0 spiro atoms. The van der Waals surface area contributed by atoms with Crippen LogP contribution >= 0.6 is 15.9 Å². The zero-order valence-electron chi connectivity index (χ0n) is 15.5. The van der Waals surface area contributed by atoms with E-state index in [1.54, 1.807) is 47.5 Å². The molecule has 1 atom stereocenters. The molecule has 4 aromatic rings. The number of carbonyl (C=O) groups excluding carboxylic acids is 1. The van der Waals surface area contributed by atoms with Crippen molar-refractivity contribution >= 4 is 32.7 Å². The number of benzene rings is 1. The Morgan fingerprint density at radius 2 is 2.03 bits per heavy atom. The van der Waals surface area contributed by atoms with Crippen LogP contribution in [0.5, 0.6) is 0 Å². The smallest absolute Gasteiger partial charge is 0.254 e. The summed E-state index contributed by atoms with van der Waals surface area (Å²) in [5.41, 5.74) is 2.35. The van der Waals surface area contributed by atoms with E-state index in [9.17, 15) is 14.4 Å². The number of aromatic nitrogens is 4. The van der Waals surface area contributed by atoms with Crippen LogP contribution in [0.25, 0.3) is 16.6 Å². The molecule has 0 aliphatic carbocycles. The van der Waals surface area contributed by atoms with Crippen LogP contribution < -0.4 is 5.32 Å². The Kier molecular flexibility index (Phi) is 5.50. The quantitative estimate of drug-likeness (QED) is 0.448. The summed E-state index contributed by atoms with van der Waals surface area (Å²) < 4.78 is 15.4. The number of hydrogen-bond donors (Lipinski definition) is 1. The van der Waals surface area contributed by atoms with E-state index in [0.717, 1.165) is 5.56 Å². The maximum absolute atomic E-state index is 13.2. The van der Waals surface area contributed by atoms with Gasteiger partial charge in [-0.1, -0.05) is 0 Å². The van der Waals surface area contributed by atoms with Crippen LogP contribution in [0.15, 0.2) is 65.8 Å². The Hall–Kier alpha value is -3.64.